The lowest BCUT2D eigenvalue weighted by atomic mass is 9.83. The highest BCUT2D eigenvalue weighted by Crippen LogP contribution is 2.40. The first kappa shape index (κ1) is 32.0. The van der Waals surface area contributed by atoms with Gasteiger partial charge in [0.25, 0.3) is 0 Å². The number of aromatic hydroxyl groups is 4. The topological polar surface area (TPSA) is 80.9 Å². The Hall–Kier alpha value is -3.92. The summed E-state index contributed by atoms with van der Waals surface area (Å²) in [5, 5.41) is 45.3. The molecular weight excluding hydrogens is 532 g/mol. The number of benzene rings is 4. The molecule has 0 saturated heterocycles. The Kier molecular flexibility index (Phi) is 8.66. The molecule has 4 aromatic carbocycles. The molecule has 4 aromatic rings. The van der Waals surface area contributed by atoms with E-state index >= 15 is 0 Å². The van der Waals surface area contributed by atoms with Gasteiger partial charge in [0.1, 0.15) is 23.0 Å². The highest BCUT2D eigenvalue weighted by molar-refractivity contribution is 5.56. The van der Waals surface area contributed by atoms with E-state index in [0.29, 0.717) is 19.3 Å². The first-order valence-corrected chi connectivity index (χ1v) is 15.1. The molecule has 0 aliphatic rings. The van der Waals surface area contributed by atoms with E-state index in [0.717, 1.165) is 66.8 Å². The van der Waals surface area contributed by atoms with Crippen LogP contribution in [-0.2, 0) is 30.1 Å². The zero-order valence-electron chi connectivity index (χ0n) is 27.5. The minimum absolute atomic E-state index is 0.178. The fourth-order valence-corrected chi connectivity index (χ4v) is 6.14. The van der Waals surface area contributed by atoms with Gasteiger partial charge in [0, 0.05) is 19.3 Å². The molecule has 0 spiro atoms. The van der Waals surface area contributed by atoms with Crippen molar-refractivity contribution in [2.24, 2.45) is 0 Å². The lowest BCUT2D eigenvalue weighted by Gasteiger charge is -2.23. The fourth-order valence-electron chi connectivity index (χ4n) is 6.14. The van der Waals surface area contributed by atoms with E-state index in [1.54, 1.807) is 0 Å². The van der Waals surface area contributed by atoms with Gasteiger partial charge < -0.3 is 20.4 Å². The third kappa shape index (κ3) is 7.01. The molecule has 0 atom stereocenters. The molecule has 0 aliphatic carbocycles. The third-order valence-corrected chi connectivity index (χ3v) is 8.25. The molecule has 4 rings (SSSR count). The van der Waals surface area contributed by atoms with Crippen molar-refractivity contribution in [3.8, 4) is 23.0 Å². The number of phenolic OH excluding ortho intramolecular Hbond substituents is 4. The molecule has 4 nitrogen and oxygen atoms in total. The molecule has 228 valence electrons. The molecule has 0 unspecified atom stereocenters. The molecule has 0 amide bonds. The predicted molar refractivity (Wildman–Crippen MR) is 177 cm³/mol. The van der Waals surface area contributed by atoms with Crippen molar-refractivity contribution in [2.45, 2.75) is 99.3 Å². The molecule has 0 heterocycles. The summed E-state index contributed by atoms with van der Waals surface area (Å²) in [6.07, 6.45) is 1.14. The van der Waals surface area contributed by atoms with Crippen molar-refractivity contribution in [2.75, 3.05) is 0 Å². The summed E-state index contributed by atoms with van der Waals surface area (Å²) in [7, 11) is 0. The van der Waals surface area contributed by atoms with Crippen molar-refractivity contribution in [3.05, 3.63) is 115 Å². The van der Waals surface area contributed by atoms with Crippen molar-refractivity contribution in [3.63, 3.8) is 0 Å². The van der Waals surface area contributed by atoms with Crippen LogP contribution in [0.25, 0.3) is 0 Å². The lowest BCUT2D eigenvalue weighted by Crippen LogP contribution is -2.12. The smallest absolute Gasteiger partial charge is 0.122 e. The molecule has 4 heteroatoms. The van der Waals surface area contributed by atoms with Crippen molar-refractivity contribution in [1.29, 1.82) is 0 Å². The van der Waals surface area contributed by atoms with Crippen LogP contribution in [0.1, 0.15) is 108 Å². The first-order valence-electron chi connectivity index (χ1n) is 15.1. The number of aryl methyl sites for hydroxylation is 4. The zero-order chi connectivity index (χ0) is 32.0. The number of hydrogen-bond donors (Lipinski definition) is 4. The summed E-state index contributed by atoms with van der Waals surface area (Å²) in [6.45, 7) is 20.5. The van der Waals surface area contributed by atoms with Crippen LogP contribution in [0.2, 0.25) is 0 Å². The normalized spacial score (nSPS) is 12.1. The Morgan fingerprint density at radius 3 is 0.814 bits per heavy atom. The lowest BCUT2D eigenvalue weighted by molar-refractivity contribution is 0.439. The van der Waals surface area contributed by atoms with Crippen LogP contribution in [0, 0.1) is 27.7 Å². The number of rotatable bonds is 6. The van der Waals surface area contributed by atoms with Crippen LogP contribution < -0.4 is 0 Å². The maximum absolute atomic E-state index is 11.5. The molecular formula is C39H48O4. The third-order valence-electron chi connectivity index (χ3n) is 8.25. The van der Waals surface area contributed by atoms with Gasteiger partial charge in [0.15, 0.2) is 0 Å². The second-order valence-electron chi connectivity index (χ2n) is 14.5. The minimum Gasteiger partial charge on any atom is -0.507 e. The predicted octanol–water partition coefficient (Wildman–Crippen LogP) is 9.11. The highest BCUT2D eigenvalue weighted by Gasteiger charge is 2.24. The molecule has 0 radical (unpaired) electrons. The van der Waals surface area contributed by atoms with E-state index in [9.17, 15) is 20.4 Å². The monoisotopic (exact) mass is 580 g/mol. The van der Waals surface area contributed by atoms with Gasteiger partial charge in [-0.3, -0.25) is 0 Å². The molecule has 43 heavy (non-hydrogen) atoms. The second-order valence-corrected chi connectivity index (χ2v) is 14.5. The maximum atomic E-state index is 11.5. The molecule has 0 saturated carbocycles. The maximum Gasteiger partial charge on any atom is 0.122 e. The Bertz CT molecular complexity index is 1550. The minimum atomic E-state index is -0.214. The van der Waals surface area contributed by atoms with E-state index in [2.05, 4.69) is 41.5 Å². The molecule has 0 aliphatic heterocycles. The number of phenols is 4. The Morgan fingerprint density at radius 1 is 0.372 bits per heavy atom. The van der Waals surface area contributed by atoms with Gasteiger partial charge in [-0.1, -0.05) is 112 Å². The average molecular weight is 581 g/mol. The Balaban J connectivity index is 1.72. The van der Waals surface area contributed by atoms with E-state index in [-0.39, 0.29) is 33.8 Å². The summed E-state index contributed by atoms with van der Waals surface area (Å²) >= 11 is 0. The van der Waals surface area contributed by atoms with Crippen LogP contribution in [-0.4, -0.2) is 20.4 Å². The summed E-state index contributed by atoms with van der Waals surface area (Å²) in [5.74, 6) is 0.904. The molecule has 4 N–H and O–H groups in total. The summed E-state index contributed by atoms with van der Waals surface area (Å²) < 4.78 is 0. The van der Waals surface area contributed by atoms with Gasteiger partial charge in [-0.2, -0.15) is 0 Å². The quantitative estimate of drug-likeness (QED) is 0.183. The van der Waals surface area contributed by atoms with Crippen molar-refractivity contribution in [1.82, 2.24) is 0 Å². The van der Waals surface area contributed by atoms with Gasteiger partial charge in [0.2, 0.25) is 0 Å². The Morgan fingerprint density at radius 2 is 0.581 bits per heavy atom. The number of hydrogen-bond acceptors (Lipinski definition) is 4. The van der Waals surface area contributed by atoms with Crippen LogP contribution >= 0.6 is 0 Å². The molecule has 0 bridgehead atoms. The van der Waals surface area contributed by atoms with Crippen molar-refractivity contribution < 1.29 is 20.4 Å². The molecule has 0 fully saturated rings. The van der Waals surface area contributed by atoms with Crippen molar-refractivity contribution >= 4 is 0 Å². The van der Waals surface area contributed by atoms with Crippen LogP contribution in [0.5, 0.6) is 23.0 Å². The fraction of sp³-hybridized carbons (Fsp3) is 0.385. The average Bonchev–Trinajstić information content (AvgIpc) is 2.87. The zero-order valence-corrected chi connectivity index (χ0v) is 27.5. The van der Waals surface area contributed by atoms with Crippen LogP contribution in [0.15, 0.2) is 48.5 Å². The van der Waals surface area contributed by atoms with Gasteiger partial charge in [0.05, 0.1) is 0 Å². The summed E-state index contributed by atoms with van der Waals surface area (Å²) in [4.78, 5) is 0. The van der Waals surface area contributed by atoms with E-state index in [4.69, 9.17) is 0 Å². The highest BCUT2D eigenvalue weighted by atomic mass is 16.3. The van der Waals surface area contributed by atoms with Gasteiger partial charge in [-0.15, -0.1) is 0 Å². The van der Waals surface area contributed by atoms with E-state index < -0.39 is 0 Å². The Labute approximate surface area is 257 Å². The van der Waals surface area contributed by atoms with Crippen LogP contribution in [0.3, 0.4) is 0 Å². The summed E-state index contributed by atoms with van der Waals surface area (Å²) in [5.41, 5.74) is 9.96. The van der Waals surface area contributed by atoms with E-state index in [1.807, 2.05) is 76.2 Å². The SMILES string of the molecule is Cc1cc(Cc2cc(C)cc(Cc3cc(C)cc(C(C)(C)C)c3O)c2O)c(O)c(Cc2cc(C)cc(C(C)(C)C)c2O)c1. The summed E-state index contributed by atoms with van der Waals surface area (Å²) in [6, 6.07) is 15.9. The standard InChI is InChI=1S/C39H48O4/c1-22-11-26(34(40)28(13-22)20-30-15-24(3)17-32(36(30)42)38(5,6)7)19-27-12-23(2)14-29(35(27)41)21-31-16-25(4)18-33(37(31)43)39(8,9)10/h11-18,40-43H,19-21H2,1-10H3. The first-order chi connectivity index (χ1) is 19.8. The van der Waals surface area contributed by atoms with Crippen LogP contribution in [0.4, 0.5) is 0 Å². The van der Waals surface area contributed by atoms with Gasteiger partial charge in [-0.05, 0) is 83.0 Å². The largest absolute Gasteiger partial charge is 0.507 e. The van der Waals surface area contributed by atoms with Gasteiger partial charge in [-0.25, -0.2) is 0 Å². The van der Waals surface area contributed by atoms with Gasteiger partial charge >= 0.3 is 0 Å². The van der Waals surface area contributed by atoms with E-state index in [1.165, 1.54) is 0 Å². The molecule has 0 aromatic heterocycles. The second kappa shape index (κ2) is 11.6.